The van der Waals surface area contributed by atoms with Gasteiger partial charge in [0.05, 0.1) is 6.04 Å². The van der Waals surface area contributed by atoms with Crippen LogP contribution in [0.15, 0.2) is 65.6 Å². The third kappa shape index (κ3) is 3.95. The van der Waals surface area contributed by atoms with Crippen LogP contribution in [-0.2, 0) is 0 Å². The maximum Gasteiger partial charge on any atom is 0.264 e. The number of rotatable bonds is 4. The van der Waals surface area contributed by atoms with E-state index in [1.165, 1.54) is 6.20 Å². The molecule has 1 heterocycles. The summed E-state index contributed by atoms with van der Waals surface area (Å²) in [6, 6.07) is 16.2. The highest BCUT2D eigenvalue weighted by atomic mass is 35.5. The van der Waals surface area contributed by atoms with Gasteiger partial charge in [-0.15, -0.1) is 0 Å². The molecule has 0 spiro atoms. The van der Waals surface area contributed by atoms with Crippen LogP contribution in [0.5, 0.6) is 0 Å². The quantitative estimate of drug-likeness (QED) is 0.752. The van der Waals surface area contributed by atoms with E-state index in [0.717, 1.165) is 5.56 Å². The van der Waals surface area contributed by atoms with Gasteiger partial charge in [0.25, 0.3) is 11.5 Å². The van der Waals surface area contributed by atoms with Crippen molar-refractivity contribution >= 4 is 17.5 Å². The first-order chi connectivity index (χ1) is 12.0. The van der Waals surface area contributed by atoms with Crippen molar-refractivity contribution in [2.45, 2.75) is 13.0 Å². The van der Waals surface area contributed by atoms with Crippen LogP contribution in [0.2, 0.25) is 5.02 Å². The smallest absolute Gasteiger partial charge is 0.264 e. The summed E-state index contributed by atoms with van der Waals surface area (Å²) in [5.74, 6) is -0.0814. The molecule has 0 aliphatic rings. The van der Waals surface area contributed by atoms with Gasteiger partial charge in [0, 0.05) is 16.8 Å². The van der Waals surface area contributed by atoms with Crippen LogP contribution in [0.4, 0.5) is 0 Å². The van der Waals surface area contributed by atoms with E-state index in [0.29, 0.717) is 16.4 Å². The average molecular weight is 354 g/mol. The Morgan fingerprint density at radius 2 is 1.80 bits per heavy atom. The highest BCUT2D eigenvalue weighted by molar-refractivity contribution is 6.30. The van der Waals surface area contributed by atoms with E-state index in [1.54, 1.807) is 24.3 Å². The summed E-state index contributed by atoms with van der Waals surface area (Å²) in [5.41, 5.74) is 1.15. The van der Waals surface area contributed by atoms with Gasteiger partial charge in [-0.1, -0.05) is 41.9 Å². The molecule has 1 unspecified atom stereocenters. The molecule has 2 aromatic carbocycles. The molecule has 3 rings (SSSR count). The van der Waals surface area contributed by atoms with Gasteiger partial charge in [-0.2, -0.15) is 0 Å². The summed E-state index contributed by atoms with van der Waals surface area (Å²) in [4.78, 5) is 31.4. The van der Waals surface area contributed by atoms with E-state index in [-0.39, 0.29) is 11.6 Å². The highest BCUT2D eigenvalue weighted by Crippen LogP contribution is 2.17. The third-order valence-electron chi connectivity index (χ3n) is 3.81. The summed E-state index contributed by atoms with van der Waals surface area (Å²) in [6.07, 6.45) is 1.29. The molecule has 0 saturated heterocycles. The van der Waals surface area contributed by atoms with Gasteiger partial charge in [0.15, 0.2) is 0 Å². The lowest BCUT2D eigenvalue weighted by molar-refractivity contribution is 0.0938. The largest absolute Gasteiger partial charge is 0.345 e. The third-order valence-corrected chi connectivity index (χ3v) is 4.06. The zero-order chi connectivity index (χ0) is 17.8. The Labute approximate surface area is 149 Å². The number of carbonyl (C=O) groups is 1. The minimum atomic E-state index is -0.488. The summed E-state index contributed by atoms with van der Waals surface area (Å²) >= 11 is 5.85. The van der Waals surface area contributed by atoms with Crippen molar-refractivity contribution in [1.82, 2.24) is 15.3 Å². The van der Waals surface area contributed by atoms with Crippen molar-refractivity contribution in [3.63, 3.8) is 0 Å². The minimum Gasteiger partial charge on any atom is -0.345 e. The van der Waals surface area contributed by atoms with Gasteiger partial charge in [0.1, 0.15) is 11.4 Å². The number of nitrogens with one attached hydrogen (secondary N) is 2. The monoisotopic (exact) mass is 353 g/mol. The van der Waals surface area contributed by atoms with Crippen molar-refractivity contribution < 1.29 is 4.79 Å². The van der Waals surface area contributed by atoms with Crippen molar-refractivity contribution in [3.05, 3.63) is 87.3 Å². The molecule has 25 heavy (non-hydrogen) atoms. The molecule has 0 radical (unpaired) electrons. The molecule has 0 fully saturated rings. The van der Waals surface area contributed by atoms with Crippen LogP contribution >= 0.6 is 11.6 Å². The number of halogens is 1. The second-order valence-electron chi connectivity index (χ2n) is 5.59. The SMILES string of the molecule is CC(NC(=O)c1cnc(-c2ccc(Cl)cc2)[nH]c1=O)c1ccccc1. The van der Waals surface area contributed by atoms with Crippen LogP contribution in [0.1, 0.15) is 28.9 Å². The number of aromatic amines is 1. The zero-order valence-electron chi connectivity index (χ0n) is 13.5. The van der Waals surface area contributed by atoms with Gasteiger partial charge < -0.3 is 10.3 Å². The molecule has 6 heteroatoms. The molecule has 1 amide bonds. The molecule has 5 nitrogen and oxygen atoms in total. The van der Waals surface area contributed by atoms with Crippen LogP contribution in [-0.4, -0.2) is 15.9 Å². The number of aromatic nitrogens is 2. The predicted molar refractivity (Wildman–Crippen MR) is 97.6 cm³/mol. The van der Waals surface area contributed by atoms with E-state index < -0.39 is 11.5 Å². The number of H-pyrrole nitrogens is 1. The number of hydrogen-bond acceptors (Lipinski definition) is 3. The Balaban J connectivity index is 1.80. The highest BCUT2D eigenvalue weighted by Gasteiger charge is 2.15. The first kappa shape index (κ1) is 16.9. The van der Waals surface area contributed by atoms with Crippen molar-refractivity contribution in [3.8, 4) is 11.4 Å². The molecule has 126 valence electrons. The van der Waals surface area contributed by atoms with E-state index in [2.05, 4.69) is 15.3 Å². The second kappa shape index (κ2) is 7.32. The van der Waals surface area contributed by atoms with E-state index >= 15 is 0 Å². The topological polar surface area (TPSA) is 74.8 Å². The minimum absolute atomic E-state index is 0.0273. The van der Waals surface area contributed by atoms with Crippen molar-refractivity contribution in [1.29, 1.82) is 0 Å². The molecule has 3 aromatic rings. The van der Waals surface area contributed by atoms with Crippen LogP contribution in [0, 0.1) is 0 Å². The summed E-state index contributed by atoms with van der Waals surface area (Å²) < 4.78 is 0. The lowest BCUT2D eigenvalue weighted by atomic mass is 10.1. The number of hydrogen-bond donors (Lipinski definition) is 2. The van der Waals surface area contributed by atoms with Gasteiger partial charge in [-0.3, -0.25) is 9.59 Å². The predicted octanol–water partition coefficient (Wildman–Crippen LogP) is 3.58. The first-order valence-electron chi connectivity index (χ1n) is 7.75. The summed E-state index contributed by atoms with van der Waals surface area (Å²) in [7, 11) is 0. The Bertz CT molecular complexity index is 937. The molecule has 1 atom stereocenters. The fourth-order valence-corrected chi connectivity index (χ4v) is 2.54. The lowest BCUT2D eigenvalue weighted by Gasteiger charge is -2.14. The number of amides is 1. The van der Waals surface area contributed by atoms with Gasteiger partial charge in [-0.25, -0.2) is 4.98 Å². The Morgan fingerprint density at radius 3 is 2.44 bits per heavy atom. The van der Waals surface area contributed by atoms with E-state index in [1.807, 2.05) is 37.3 Å². The lowest BCUT2D eigenvalue weighted by Crippen LogP contribution is -2.32. The van der Waals surface area contributed by atoms with Gasteiger partial charge in [0.2, 0.25) is 0 Å². The Hall–Kier alpha value is -2.92. The number of benzene rings is 2. The zero-order valence-corrected chi connectivity index (χ0v) is 14.2. The normalized spacial score (nSPS) is 11.8. The Morgan fingerprint density at radius 1 is 1.12 bits per heavy atom. The fraction of sp³-hybridized carbons (Fsp3) is 0.105. The molecule has 0 aliphatic carbocycles. The van der Waals surface area contributed by atoms with Gasteiger partial charge >= 0.3 is 0 Å². The molecular weight excluding hydrogens is 338 g/mol. The molecule has 1 aromatic heterocycles. The van der Waals surface area contributed by atoms with E-state index in [4.69, 9.17) is 11.6 Å². The average Bonchev–Trinajstić information content (AvgIpc) is 2.62. The molecule has 0 saturated carbocycles. The van der Waals surface area contributed by atoms with Crippen LogP contribution < -0.4 is 10.9 Å². The summed E-state index contributed by atoms with van der Waals surface area (Å²) in [5, 5.41) is 3.40. The Kier molecular flexibility index (Phi) is 4.95. The van der Waals surface area contributed by atoms with Crippen LogP contribution in [0.3, 0.4) is 0 Å². The fourth-order valence-electron chi connectivity index (χ4n) is 2.41. The van der Waals surface area contributed by atoms with E-state index in [9.17, 15) is 9.59 Å². The van der Waals surface area contributed by atoms with Gasteiger partial charge in [-0.05, 0) is 36.8 Å². The van der Waals surface area contributed by atoms with Crippen LogP contribution in [0.25, 0.3) is 11.4 Å². The maximum atomic E-state index is 12.4. The number of nitrogens with zero attached hydrogens (tertiary/aromatic N) is 1. The molecular formula is C19H16ClN3O2. The number of carbonyl (C=O) groups excluding carboxylic acids is 1. The first-order valence-corrected chi connectivity index (χ1v) is 8.13. The molecule has 2 N–H and O–H groups in total. The summed E-state index contributed by atoms with van der Waals surface area (Å²) in [6.45, 7) is 1.86. The maximum absolute atomic E-state index is 12.4. The van der Waals surface area contributed by atoms with Crippen molar-refractivity contribution in [2.75, 3.05) is 0 Å². The second-order valence-corrected chi connectivity index (χ2v) is 6.02. The standard InChI is InChI=1S/C19H16ClN3O2/c1-12(13-5-3-2-4-6-13)22-18(24)16-11-21-17(23-19(16)25)14-7-9-15(20)10-8-14/h2-12H,1H3,(H,22,24)(H,21,23,25). The van der Waals surface area contributed by atoms with Crippen molar-refractivity contribution in [2.24, 2.45) is 0 Å². The molecule has 0 bridgehead atoms. The molecule has 0 aliphatic heterocycles.